The molecule has 0 unspecified atom stereocenters. The van der Waals surface area contributed by atoms with E-state index in [1.165, 1.54) is 0 Å². The Morgan fingerprint density at radius 3 is 1.88 bits per heavy atom. The summed E-state index contributed by atoms with van der Waals surface area (Å²) in [5, 5.41) is 3.07. The normalized spacial score (nSPS) is 11.6. The van der Waals surface area contributed by atoms with Crippen molar-refractivity contribution in [2.75, 3.05) is 18.4 Å². The number of para-hydroxylation sites is 1. The Morgan fingerprint density at radius 1 is 1.00 bits per heavy atom. The summed E-state index contributed by atoms with van der Waals surface area (Å²) in [7, 11) is 0. The van der Waals surface area contributed by atoms with Gasteiger partial charge in [0, 0.05) is 11.7 Å². The molecule has 0 saturated carbocycles. The van der Waals surface area contributed by atoms with E-state index in [1.54, 1.807) is 4.90 Å². The van der Waals surface area contributed by atoms with Gasteiger partial charge in [-0.25, -0.2) is 0 Å². The van der Waals surface area contributed by atoms with Crippen molar-refractivity contribution < 1.29 is 9.59 Å². The molecule has 3 N–H and O–H groups in total. The molecule has 1 rings (SSSR count). The highest BCUT2D eigenvalue weighted by Crippen LogP contribution is 2.32. The van der Waals surface area contributed by atoms with Crippen LogP contribution in [0.25, 0.3) is 0 Å². The number of carbonyl (C=O) groups is 2. The molecule has 0 heterocycles. The van der Waals surface area contributed by atoms with Gasteiger partial charge in [-0.05, 0) is 36.8 Å². The smallest absolute Gasteiger partial charge is 0.238 e. The van der Waals surface area contributed by atoms with Crippen molar-refractivity contribution in [1.82, 2.24) is 4.90 Å². The van der Waals surface area contributed by atoms with Gasteiger partial charge in [0.1, 0.15) is 0 Å². The standard InChI is InChI=1S/C19H31N3O2/c1-12(2)15-8-7-9-16(13(3)4)19(15)21-18(24)11-22(14(5)6)10-17(20)23/h7-9,12-14H,10-11H2,1-6H3,(H2,20,23)(H,21,24). The lowest BCUT2D eigenvalue weighted by atomic mass is 9.92. The first kappa shape index (κ1) is 20.2. The quantitative estimate of drug-likeness (QED) is 0.767. The molecule has 0 atom stereocenters. The zero-order chi connectivity index (χ0) is 18.4. The van der Waals surface area contributed by atoms with E-state index < -0.39 is 5.91 Å². The second kappa shape index (κ2) is 8.83. The maximum absolute atomic E-state index is 12.6. The Hall–Kier alpha value is -1.88. The van der Waals surface area contributed by atoms with Crippen LogP contribution >= 0.6 is 0 Å². The molecule has 0 aliphatic rings. The zero-order valence-corrected chi connectivity index (χ0v) is 15.7. The number of rotatable bonds is 8. The fourth-order valence-corrected chi connectivity index (χ4v) is 2.68. The van der Waals surface area contributed by atoms with Crippen LogP contribution in [0.5, 0.6) is 0 Å². The van der Waals surface area contributed by atoms with Gasteiger partial charge in [0.05, 0.1) is 13.1 Å². The SMILES string of the molecule is CC(C)c1cccc(C(C)C)c1NC(=O)CN(CC(N)=O)C(C)C. The van der Waals surface area contributed by atoms with Crippen LogP contribution < -0.4 is 11.1 Å². The molecule has 0 spiro atoms. The van der Waals surface area contributed by atoms with Crippen LogP contribution in [-0.2, 0) is 9.59 Å². The second-order valence-corrected chi connectivity index (χ2v) is 7.13. The minimum absolute atomic E-state index is 0.0631. The van der Waals surface area contributed by atoms with E-state index in [1.807, 2.05) is 19.9 Å². The number of amides is 2. The molecule has 0 radical (unpaired) electrons. The monoisotopic (exact) mass is 333 g/mol. The molecule has 24 heavy (non-hydrogen) atoms. The number of primary amides is 1. The summed E-state index contributed by atoms with van der Waals surface area (Å²) in [5.74, 6) is 0.0681. The summed E-state index contributed by atoms with van der Waals surface area (Å²) in [4.78, 5) is 25.5. The molecule has 0 aliphatic heterocycles. The number of benzene rings is 1. The summed E-state index contributed by atoms with van der Waals surface area (Å²) in [5.41, 5.74) is 8.42. The van der Waals surface area contributed by atoms with E-state index in [0.717, 1.165) is 16.8 Å². The fraction of sp³-hybridized carbons (Fsp3) is 0.579. The van der Waals surface area contributed by atoms with Crippen molar-refractivity contribution in [1.29, 1.82) is 0 Å². The van der Waals surface area contributed by atoms with Crippen LogP contribution in [0, 0.1) is 0 Å². The zero-order valence-electron chi connectivity index (χ0n) is 15.7. The maximum Gasteiger partial charge on any atom is 0.238 e. The number of nitrogens with zero attached hydrogens (tertiary/aromatic N) is 1. The average molecular weight is 333 g/mol. The Kier molecular flexibility index (Phi) is 7.42. The minimum Gasteiger partial charge on any atom is -0.369 e. The van der Waals surface area contributed by atoms with Crippen LogP contribution in [0.2, 0.25) is 0 Å². The highest BCUT2D eigenvalue weighted by atomic mass is 16.2. The third kappa shape index (κ3) is 5.64. The van der Waals surface area contributed by atoms with Crippen molar-refractivity contribution in [3.8, 4) is 0 Å². The summed E-state index contributed by atoms with van der Waals surface area (Å²) in [6.07, 6.45) is 0. The minimum atomic E-state index is -0.429. The highest BCUT2D eigenvalue weighted by Gasteiger charge is 2.19. The lowest BCUT2D eigenvalue weighted by Gasteiger charge is -2.25. The number of hydrogen-bond acceptors (Lipinski definition) is 3. The Balaban J connectivity index is 3.02. The number of anilines is 1. The molecular formula is C19H31N3O2. The molecule has 0 bridgehead atoms. The van der Waals surface area contributed by atoms with Crippen molar-refractivity contribution in [2.45, 2.75) is 59.4 Å². The summed E-state index contributed by atoms with van der Waals surface area (Å²) in [6.45, 7) is 12.6. The molecule has 0 saturated heterocycles. The van der Waals surface area contributed by atoms with Crippen LogP contribution in [-0.4, -0.2) is 35.8 Å². The van der Waals surface area contributed by atoms with Crippen molar-refractivity contribution in [3.63, 3.8) is 0 Å². The largest absolute Gasteiger partial charge is 0.369 e. The first-order chi connectivity index (χ1) is 11.1. The summed E-state index contributed by atoms with van der Waals surface area (Å²) < 4.78 is 0. The number of nitrogens with one attached hydrogen (secondary N) is 1. The first-order valence-corrected chi connectivity index (χ1v) is 8.58. The summed E-state index contributed by atoms with van der Waals surface area (Å²) >= 11 is 0. The lowest BCUT2D eigenvalue weighted by molar-refractivity contribution is -0.121. The topological polar surface area (TPSA) is 75.4 Å². The van der Waals surface area contributed by atoms with E-state index in [4.69, 9.17) is 5.73 Å². The van der Waals surface area contributed by atoms with E-state index in [-0.39, 0.29) is 25.0 Å². The van der Waals surface area contributed by atoms with Crippen LogP contribution in [0.4, 0.5) is 5.69 Å². The van der Waals surface area contributed by atoms with Gasteiger partial charge < -0.3 is 11.1 Å². The van der Waals surface area contributed by atoms with Gasteiger partial charge in [0.15, 0.2) is 0 Å². The van der Waals surface area contributed by atoms with Gasteiger partial charge in [-0.1, -0.05) is 45.9 Å². The lowest BCUT2D eigenvalue weighted by Crippen LogP contribution is -2.43. The van der Waals surface area contributed by atoms with Crippen molar-refractivity contribution in [2.24, 2.45) is 5.73 Å². The van der Waals surface area contributed by atoms with Crippen LogP contribution in [0.1, 0.15) is 64.5 Å². The van der Waals surface area contributed by atoms with Gasteiger partial charge in [-0.2, -0.15) is 0 Å². The van der Waals surface area contributed by atoms with E-state index >= 15 is 0 Å². The third-order valence-electron chi connectivity index (χ3n) is 4.07. The Labute approximate surface area is 145 Å². The molecule has 1 aromatic carbocycles. The molecule has 2 amide bonds. The molecule has 134 valence electrons. The molecule has 0 aromatic heterocycles. The van der Waals surface area contributed by atoms with Gasteiger partial charge in [-0.3, -0.25) is 14.5 Å². The predicted molar refractivity (Wildman–Crippen MR) is 99.2 cm³/mol. The van der Waals surface area contributed by atoms with Crippen LogP contribution in [0.15, 0.2) is 18.2 Å². The third-order valence-corrected chi connectivity index (χ3v) is 4.07. The van der Waals surface area contributed by atoms with Crippen molar-refractivity contribution in [3.05, 3.63) is 29.3 Å². The molecule has 5 heteroatoms. The van der Waals surface area contributed by atoms with Crippen molar-refractivity contribution >= 4 is 17.5 Å². The summed E-state index contributed by atoms with van der Waals surface area (Å²) in [6, 6.07) is 6.20. The molecule has 0 aliphatic carbocycles. The van der Waals surface area contributed by atoms with Gasteiger partial charge in [0.25, 0.3) is 0 Å². The maximum atomic E-state index is 12.6. The van der Waals surface area contributed by atoms with Gasteiger partial charge in [0.2, 0.25) is 11.8 Å². The molecule has 5 nitrogen and oxygen atoms in total. The van der Waals surface area contributed by atoms with E-state index in [2.05, 4.69) is 45.1 Å². The Morgan fingerprint density at radius 2 is 1.50 bits per heavy atom. The predicted octanol–water partition coefficient (Wildman–Crippen LogP) is 3.07. The molecule has 1 aromatic rings. The number of nitrogens with two attached hydrogens (primary N) is 1. The fourth-order valence-electron chi connectivity index (χ4n) is 2.68. The number of carbonyl (C=O) groups excluding carboxylic acids is 2. The first-order valence-electron chi connectivity index (χ1n) is 8.58. The highest BCUT2D eigenvalue weighted by molar-refractivity contribution is 5.94. The van der Waals surface area contributed by atoms with E-state index in [9.17, 15) is 9.59 Å². The number of hydrogen-bond donors (Lipinski definition) is 2. The van der Waals surface area contributed by atoms with Gasteiger partial charge >= 0.3 is 0 Å². The Bertz CT molecular complexity index is 554. The molecule has 0 fully saturated rings. The van der Waals surface area contributed by atoms with Crippen LogP contribution in [0.3, 0.4) is 0 Å². The van der Waals surface area contributed by atoms with E-state index in [0.29, 0.717) is 11.8 Å². The van der Waals surface area contributed by atoms with Gasteiger partial charge in [-0.15, -0.1) is 0 Å². The average Bonchev–Trinajstić information content (AvgIpc) is 2.45. The molecular weight excluding hydrogens is 302 g/mol. The second-order valence-electron chi connectivity index (χ2n) is 7.13.